The van der Waals surface area contributed by atoms with Crippen molar-refractivity contribution in [3.05, 3.63) is 80.3 Å². The summed E-state index contributed by atoms with van der Waals surface area (Å²) in [6.07, 6.45) is 1.05. The molecule has 0 spiro atoms. The summed E-state index contributed by atoms with van der Waals surface area (Å²) in [7, 11) is -2.53. The van der Waals surface area contributed by atoms with Crippen molar-refractivity contribution in [2.24, 2.45) is 5.73 Å². The van der Waals surface area contributed by atoms with E-state index in [1.54, 1.807) is 6.07 Å². The number of hydrogen-bond acceptors (Lipinski definition) is 6. The van der Waals surface area contributed by atoms with E-state index in [2.05, 4.69) is 19.7 Å². The molecule has 0 aliphatic carbocycles. The highest BCUT2D eigenvalue weighted by Crippen LogP contribution is 2.31. The number of nitrogens with two attached hydrogens (primary N) is 1. The van der Waals surface area contributed by atoms with Crippen LogP contribution in [0.5, 0.6) is 0 Å². The van der Waals surface area contributed by atoms with Gasteiger partial charge in [0.2, 0.25) is 0 Å². The van der Waals surface area contributed by atoms with Crippen LogP contribution in [0.2, 0.25) is 0 Å². The lowest BCUT2D eigenvalue weighted by Gasteiger charge is -2.16. The highest BCUT2D eigenvalue weighted by Gasteiger charge is 2.23. The van der Waals surface area contributed by atoms with Crippen molar-refractivity contribution >= 4 is 55.9 Å². The minimum absolute atomic E-state index is 0.0262. The van der Waals surface area contributed by atoms with Gasteiger partial charge in [0.1, 0.15) is 11.6 Å². The van der Waals surface area contributed by atoms with Gasteiger partial charge in [-0.05, 0) is 70.1 Å². The van der Waals surface area contributed by atoms with Crippen LogP contribution in [0.15, 0.2) is 42.6 Å². The molecule has 0 fully saturated rings. The molecule has 1 aromatic heterocycles. The maximum absolute atomic E-state index is 15.0. The zero-order valence-electron chi connectivity index (χ0n) is 18.7. The number of benzene rings is 2. The number of hydrogen-bond donors (Lipinski definition) is 4. The van der Waals surface area contributed by atoms with Gasteiger partial charge in [0.25, 0.3) is 16.1 Å². The third-order valence-electron chi connectivity index (χ3n) is 4.79. The van der Waals surface area contributed by atoms with Crippen LogP contribution in [0.4, 0.5) is 30.4 Å². The number of halogens is 4. The van der Waals surface area contributed by atoms with Gasteiger partial charge in [-0.1, -0.05) is 0 Å². The Morgan fingerprint density at radius 1 is 1.14 bits per heavy atom. The fourth-order valence-electron chi connectivity index (χ4n) is 3.16. The second kappa shape index (κ2) is 11.9. The van der Waals surface area contributed by atoms with E-state index in [9.17, 15) is 22.0 Å². The monoisotopic (exact) mass is 635 g/mol. The molecule has 0 unspecified atom stereocenters. The Kier molecular flexibility index (Phi) is 9.10. The molecule has 5 N–H and O–H groups in total. The third-order valence-corrected chi connectivity index (χ3v) is 6.53. The summed E-state index contributed by atoms with van der Waals surface area (Å²) in [6, 6.07) is 7.88. The van der Waals surface area contributed by atoms with Gasteiger partial charge < -0.3 is 15.8 Å². The molecule has 0 aliphatic heterocycles. The molecule has 9 nitrogen and oxygen atoms in total. The Morgan fingerprint density at radius 3 is 2.56 bits per heavy atom. The first-order valence-corrected chi connectivity index (χ1v) is 12.8. The number of anilines is 3. The number of ether oxygens (including phenoxy) is 1. The average molecular weight is 635 g/mol. The molecule has 14 heteroatoms. The van der Waals surface area contributed by atoms with Crippen molar-refractivity contribution in [2.75, 3.05) is 30.3 Å². The zero-order chi connectivity index (χ0) is 26.5. The first kappa shape index (κ1) is 27.6. The summed E-state index contributed by atoms with van der Waals surface area (Å²) in [5.41, 5.74) is 4.36. The van der Waals surface area contributed by atoms with Gasteiger partial charge in [-0.3, -0.25) is 9.52 Å². The molecular formula is C22H21F3IN5O4S. The van der Waals surface area contributed by atoms with Gasteiger partial charge >= 0.3 is 0 Å². The number of nitrogens with one attached hydrogen (secondary N) is 3. The Labute approximate surface area is 219 Å². The van der Waals surface area contributed by atoms with Crippen LogP contribution in [-0.2, 0) is 21.4 Å². The molecule has 1 heterocycles. The van der Waals surface area contributed by atoms with E-state index in [-0.39, 0.29) is 42.2 Å². The lowest BCUT2D eigenvalue weighted by molar-refractivity contribution is 0.100. The molecule has 3 rings (SSSR count). The molecule has 0 aliphatic rings. The molecule has 192 valence electrons. The summed E-state index contributed by atoms with van der Waals surface area (Å²) in [6.45, 7) is 0.181. The number of pyridine rings is 1. The highest BCUT2D eigenvalue weighted by atomic mass is 127. The van der Waals surface area contributed by atoms with Crippen LogP contribution in [-0.4, -0.2) is 39.6 Å². The van der Waals surface area contributed by atoms with Gasteiger partial charge in [0, 0.05) is 29.8 Å². The lowest BCUT2D eigenvalue weighted by Crippen LogP contribution is -2.32. The summed E-state index contributed by atoms with van der Waals surface area (Å²) in [4.78, 5) is 15.9. The van der Waals surface area contributed by atoms with Gasteiger partial charge in [-0.25, -0.2) is 18.2 Å². The van der Waals surface area contributed by atoms with Crippen LogP contribution in [0.1, 0.15) is 21.5 Å². The molecule has 2 aromatic carbocycles. The molecule has 0 saturated carbocycles. The van der Waals surface area contributed by atoms with Crippen LogP contribution in [0, 0.1) is 21.0 Å². The zero-order valence-corrected chi connectivity index (χ0v) is 21.7. The van der Waals surface area contributed by atoms with Crippen molar-refractivity contribution in [1.29, 1.82) is 0 Å². The van der Waals surface area contributed by atoms with Crippen LogP contribution >= 0.6 is 22.6 Å². The molecule has 36 heavy (non-hydrogen) atoms. The largest absolute Gasteiger partial charge is 0.383 e. The van der Waals surface area contributed by atoms with Gasteiger partial charge in [0.05, 0.1) is 23.5 Å². The second-order valence-electron chi connectivity index (χ2n) is 7.42. The van der Waals surface area contributed by atoms with Crippen molar-refractivity contribution < 1.29 is 31.1 Å². The number of amides is 1. The maximum atomic E-state index is 15.0. The number of primary amides is 1. The van der Waals surface area contributed by atoms with Crippen LogP contribution in [0.25, 0.3) is 0 Å². The minimum Gasteiger partial charge on any atom is -0.383 e. The summed E-state index contributed by atoms with van der Waals surface area (Å²) in [5.74, 6) is -4.57. The van der Waals surface area contributed by atoms with E-state index in [4.69, 9.17) is 10.5 Å². The average Bonchev–Trinajstić information content (AvgIpc) is 2.80. The van der Waals surface area contributed by atoms with Gasteiger partial charge in [-0.15, -0.1) is 0 Å². The topological polar surface area (TPSA) is 135 Å². The maximum Gasteiger partial charge on any atom is 0.300 e. The van der Waals surface area contributed by atoms with E-state index in [0.717, 1.165) is 6.07 Å². The number of rotatable bonds is 11. The normalized spacial score (nSPS) is 11.4. The van der Waals surface area contributed by atoms with Crippen molar-refractivity contribution in [2.45, 2.75) is 6.42 Å². The number of carbonyl (C=O) groups is 1. The van der Waals surface area contributed by atoms with E-state index in [0.29, 0.717) is 9.13 Å². The number of nitrogens with zero attached hydrogens (tertiary/aromatic N) is 1. The molecular weight excluding hydrogens is 614 g/mol. The Balaban J connectivity index is 1.90. The van der Waals surface area contributed by atoms with Crippen molar-refractivity contribution in [1.82, 2.24) is 9.71 Å². The first-order chi connectivity index (χ1) is 17.0. The predicted molar refractivity (Wildman–Crippen MR) is 137 cm³/mol. The summed E-state index contributed by atoms with van der Waals surface area (Å²) in [5, 5.41) is 2.41. The van der Waals surface area contributed by atoms with Gasteiger partial charge in [0.15, 0.2) is 11.6 Å². The summed E-state index contributed by atoms with van der Waals surface area (Å²) >= 11 is 1.89. The van der Waals surface area contributed by atoms with Crippen molar-refractivity contribution in [3.8, 4) is 0 Å². The quantitative estimate of drug-likeness (QED) is 0.189. The lowest BCUT2D eigenvalue weighted by atomic mass is 10.00. The van der Waals surface area contributed by atoms with Gasteiger partial charge in [-0.2, -0.15) is 13.1 Å². The Bertz CT molecular complexity index is 1390. The van der Waals surface area contributed by atoms with E-state index in [1.165, 1.54) is 37.6 Å². The third kappa shape index (κ3) is 7.05. The molecule has 3 aromatic rings. The first-order valence-electron chi connectivity index (χ1n) is 10.2. The predicted octanol–water partition coefficient (Wildman–Crippen LogP) is 3.43. The van der Waals surface area contributed by atoms with E-state index < -0.39 is 39.3 Å². The fraction of sp³-hybridized carbons (Fsp3) is 0.182. The Morgan fingerprint density at radius 2 is 1.89 bits per heavy atom. The van der Waals surface area contributed by atoms with E-state index in [1.807, 2.05) is 22.6 Å². The molecule has 0 saturated heterocycles. The SMILES string of the molecule is COCCNS(=O)(=O)Nc1cc(Cc2cc(C(N)=O)c(Nc3ccc(I)cc3F)c(F)c2F)ccn1. The fourth-order valence-corrected chi connectivity index (χ4v) is 4.43. The number of carbonyl (C=O) groups excluding carboxylic acids is 1. The number of methoxy groups -OCH3 is 1. The molecule has 0 bridgehead atoms. The van der Waals surface area contributed by atoms with Crippen LogP contribution in [0.3, 0.4) is 0 Å². The standard InChI is InChI=1S/C22H21F3IN5O4S/c1-35-7-6-29-36(33,34)31-18-9-12(4-5-28-18)8-13-10-15(22(27)32)21(20(25)19(13)24)30-17-3-2-14(26)11-16(17)23/h2-5,9-11,29-30H,6-8H2,1H3,(H2,27,32)(H,28,31). The van der Waals surface area contributed by atoms with Crippen LogP contribution < -0.4 is 20.5 Å². The molecule has 1 amide bonds. The number of aromatic nitrogens is 1. The van der Waals surface area contributed by atoms with Crippen molar-refractivity contribution in [3.63, 3.8) is 0 Å². The second-order valence-corrected chi connectivity index (χ2v) is 10.2. The molecule has 0 radical (unpaired) electrons. The summed E-state index contributed by atoms with van der Waals surface area (Å²) < 4.78 is 78.3. The minimum atomic E-state index is -3.95. The van der Waals surface area contributed by atoms with E-state index >= 15 is 4.39 Å². The smallest absolute Gasteiger partial charge is 0.300 e. The Hall–Kier alpha value is -2.95. The highest BCUT2D eigenvalue weighted by molar-refractivity contribution is 14.1. The molecule has 0 atom stereocenters.